The molecule has 0 aromatic heterocycles. The third-order valence-corrected chi connectivity index (χ3v) is 2.81. The predicted octanol–water partition coefficient (Wildman–Crippen LogP) is 3.06. The van der Waals surface area contributed by atoms with E-state index in [1.54, 1.807) is 6.07 Å². The summed E-state index contributed by atoms with van der Waals surface area (Å²) in [6.45, 7) is 2.10. The molecule has 0 heterocycles. The second kappa shape index (κ2) is 6.74. The van der Waals surface area contributed by atoms with E-state index < -0.39 is 0 Å². The van der Waals surface area contributed by atoms with Crippen molar-refractivity contribution >= 4 is 0 Å². The molecular weight excluding hydrogens is 255 g/mol. The van der Waals surface area contributed by atoms with E-state index >= 15 is 0 Å². The molecule has 0 aliphatic rings. The smallest absolute Gasteiger partial charge is 0.126 e. The first-order chi connectivity index (χ1) is 9.69. The third kappa shape index (κ3) is 3.84. The molecule has 0 spiro atoms. The molecule has 0 atom stereocenters. The van der Waals surface area contributed by atoms with Crippen molar-refractivity contribution < 1.29 is 14.2 Å². The molecular formula is C17H15FO2. The van der Waals surface area contributed by atoms with Crippen molar-refractivity contribution in [1.29, 1.82) is 0 Å². The van der Waals surface area contributed by atoms with Crippen LogP contribution in [0.25, 0.3) is 0 Å². The molecule has 3 heteroatoms. The second-order valence-electron chi connectivity index (χ2n) is 4.36. The molecule has 0 saturated heterocycles. The lowest BCUT2D eigenvalue weighted by molar-refractivity contribution is 0.302. The van der Waals surface area contributed by atoms with Crippen molar-refractivity contribution in [3.8, 4) is 17.6 Å². The zero-order valence-corrected chi connectivity index (χ0v) is 11.2. The van der Waals surface area contributed by atoms with E-state index in [4.69, 9.17) is 9.84 Å². The maximum atomic E-state index is 13.1. The van der Waals surface area contributed by atoms with Gasteiger partial charge in [-0.15, -0.1) is 0 Å². The summed E-state index contributed by atoms with van der Waals surface area (Å²) < 4.78 is 18.7. The maximum absolute atomic E-state index is 13.1. The number of halogens is 1. The minimum Gasteiger partial charge on any atom is -0.489 e. The SMILES string of the molecule is Cc1ccc(F)cc1OCc1ccc(C#CCO)cc1. The largest absolute Gasteiger partial charge is 0.489 e. The molecule has 2 rings (SSSR count). The summed E-state index contributed by atoms with van der Waals surface area (Å²) in [5.41, 5.74) is 2.71. The van der Waals surface area contributed by atoms with E-state index in [1.807, 2.05) is 31.2 Å². The maximum Gasteiger partial charge on any atom is 0.126 e. The summed E-state index contributed by atoms with van der Waals surface area (Å²) in [4.78, 5) is 0. The Bertz CT molecular complexity index is 636. The van der Waals surface area contributed by atoms with Gasteiger partial charge >= 0.3 is 0 Å². The average Bonchev–Trinajstić information content (AvgIpc) is 2.47. The Morgan fingerprint density at radius 2 is 1.90 bits per heavy atom. The van der Waals surface area contributed by atoms with Crippen molar-refractivity contribution in [1.82, 2.24) is 0 Å². The van der Waals surface area contributed by atoms with Crippen LogP contribution in [0.2, 0.25) is 0 Å². The molecule has 0 saturated carbocycles. The summed E-state index contributed by atoms with van der Waals surface area (Å²) in [6, 6.07) is 12.0. The Hall–Kier alpha value is -2.31. The van der Waals surface area contributed by atoms with Crippen LogP contribution in [0, 0.1) is 24.6 Å². The highest BCUT2D eigenvalue weighted by Crippen LogP contribution is 2.20. The van der Waals surface area contributed by atoms with Gasteiger partial charge in [-0.1, -0.05) is 30.0 Å². The van der Waals surface area contributed by atoms with Gasteiger partial charge in [0.2, 0.25) is 0 Å². The van der Waals surface area contributed by atoms with E-state index in [0.717, 1.165) is 16.7 Å². The fraction of sp³-hybridized carbons (Fsp3) is 0.176. The highest BCUT2D eigenvalue weighted by Gasteiger charge is 2.02. The number of hydrogen-bond donors (Lipinski definition) is 1. The number of benzene rings is 2. The van der Waals surface area contributed by atoms with Crippen molar-refractivity contribution in [2.24, 2.45) is 0 Å². The average molecular weight is 270 g/mol. The van der Waals surface area contributed by atoms with Crippen LogP contribution in [-0.2, 0) is 6.61 Å². The van der Waals surface area contributed by atoms with Crippen LogP contribution in [0.5, 0.6) is 5.75 Å². The molecule has 0 aliphatic carbocycles. The zero-order chi connectivity index (χ0) is 14.4. The van der Waals surface area contributed by atoms with Gasteiger partial charge in [-0.2, -0.15) is 0 Å². The van der Waals surface area contributed by atoms with Crippen molar-refractivity contribution in [3.63, 3.8) is 0 Å². The summed E-state index contributed by atoms with van der Waals surface area (Å²) in [6.07, 6.45) is 0. The van der Waals surface area contributed by atoms with Crippen LogP contribution in [0.1, 0.15) is 16.7 Å². The van der Waals surface area contributed by atoms with Gasteiger partial charge in [0.25, 0.3) is 0 Å². The number of hydrogen-bond acceptors (Lipinski definition) is 2. The van der Waals surface area contributed by atoms with E-state index in [0.29, 0.717) is 12.4 Å². The molecule has 0 radical (unpaired) electrons. The lowest BCUT2D eigenvalue weighted by Crippen LogP contribution is -1.97. The summed E-state index contributed by atoms with van der Waals surface area (Å²) >= 11 is 0. The van der Waals surface area contributed by atoms with Gasteiger partial charge < -0.3 is 9.84 Å². The highest BCUT2D eigenvalue weighted by atomic mass is 19.1. The Morgan fingerprint density at radius 3 is 2.60 bits per heavy atom. The summed E-state index contributed by atoms with van der Waals surface area (Å²) in [5, 5.41) is 8.62. The van der Waals surface area contributed by atoms with Crippen LogP contribution in [0.4, 0.5) is 4.39 Å². The molecule has 20 heavy (non-hydrogen) atoms. The Balaban J connectivity index is 2.02. The Kier molecular flexibility index (Phi) is 4.75. The number of aryl methyl sites for hydroxylation is 1. The number of rotatable bonds is 3. The molecule has 102 valence electrons. The molecule has 2 aromatic rings. The minimum absolute atomic E-state index is 0.149. The first-order valence-corrected chi connectivity index (χ1v) is 6.26. The van der Waals surface area contributed by atoms with Crippen molar-refractivity contribution in [2.45, 2.75) is 13.5 Å². The predicted molar refractivity (Wildman–Crippen MR) is 75.9 cm³/mol. The fourth-order valence-corrected chi connectivity index (χ4v) is 1.72. The first kappa shape index (κ1) is 14.1. The molecule has 2 nitrogen and oxygen atoms in total. The third-order valence-electron chi connectivity index (χ3n) is 2.81. The van der Waals surface area contributed by atoms with Crippen LogP contribution in [0.3, 0.4) is 0 Å². The summed E-state index contributed by atoms with van der Waals surface area (Å²) in [7, 11) is 0. The Morgan fingerprint density at radius 1 is 1.15 bits per heavy atom. The van der Waals surface area contributed by atoms with Crippen LogP contribution >= 0.6 is 0 Å². The lowest BCUT2D eigenvalue weighted by atomic mass is 10.1. The number of ether oxygens (including phenoxy) is 1. The van der Waals surface area contributed by atoms with Gasteiger partial charge in [-0.25, -0.2) is 4.39 Å². The normalized spacial score (nSPS) is 9.75. The Labute approximate surface area is 117 Å². The monoisotopic (exact) mass is 270 g/mol. The van der Waals surface area contributed by atoms with Crippen molar-refractivity contribution in [2.75, 3.05) is 6.61 Å². The lowest BCUT2D eigenvalue weighted by Gasteiger charge is -2.09. The van der Waals surface area contributed by atoms with Gasteiger partial charge in [-0.3, -0.25) is 0 Å². The van der Waals surface area contributed by atoms with E-state index in [-0.39, 0.29) is 12.4 Å². The molecule has 1 N–H and O–H groups in total. The topological polar surface area (TPSA) is 29.5 Å². The molecule has 2 aromatic carbocycles. The molecule has 0 fully saturated rings. The van der Waals surface area contributed by atoms with Crippen molar-refractivity contribution in [3.05, 3.63) is 65.0 Å². The fourth-order valence-electron chi connectivity index (χ4n) is 1.72. The van der Waals surface area contributed by atoms with Gasteiger partial charge in [0.05, 0.1) is 0 Å². The highest BCUT2D eigenvalue weighted by molar-refractivity contribution is 5.37. The quantitative estimate of drug-likeness (QED) is 0.869. The van der Waals surface area contributed by atoms with E-state index in [2.05, 4.69) is 11.8 Å². The van der Waals surface area contributed by atoms with E-state index in [1.165, 1.54) is 12.1 Å². The number of aliphatic hydroxyl groups excluding tert-OH is 1. The molecule has 0 aliphatic heterocycles. The van der Waals surface area contributed by atoms with E-state index in [9.17, 15) is 4.39 Å². The summed E-state index contributed by atoms with van der Waals surface area (Å²) in [5.74, 6) is 5.65. The second-order valence-corrected chi connectivity index (χ2v) is 4.36. The van der Waals surface area contributed by atoms with Crippen LogP contribution in [-0.4, -0.2) is 11.7 Å². The van der Waals surface area contributed by atoms with Crippen LogP contribution in [0.15, 0.2) is 42.5 Å². The molecule has 0 bridgehead atoms. The zero-order valence-electron chi connectivity index (χ0n) is 11.2. The molecule has 0 unspecified atom stereocenters. The standard InChI is InChI=1S/C17H15FO2/c1-13-4-9-16(18)11-17(13)20-12-15-7-5-14(6-8-15)3-2-10-19/h4-9,11,19H,10,12H2,1H3. The van der Waals surface area contributed by atoms with Gasteiger partial charge in [0.1, 0.15) is 24.8 Å². The molecule has 0 amide bonds. The number of aliphatic hydroxyl groups is 1. The van der Waals surface area contributed by atoms with Gasteiger partial charge in [-0.05, 0) is 36.2 Å². The van der Waals surface area contributed by atoms with Crippen LogP contribution < -0.4 is 4.74 Å². The van der Waals surface area contributed by atoms with Gasteiger partial charge in [0, 0.05) is 11.6 Å². The van der Waals surface area contributed by atoms with Gasteiger partial charge in [0.15, 0.2) is 0 Å². The first-order valence-electron chi connectivity index (χ1n) is 6.26. The minimum atomic E-state index is -0.305.